The third-order valence-corrected chi connectivity index (χ3v) is 6.82. The molecule has 2 atom stereocenters. The van der Waals surface area contributed by atoms with E-state index in [1.54, 1.807) is 0 Å². The van der Waals surface area contributed by atoms with Crippen LogP contribution in [0.3, 0.4) is 0 Å². The van der Waals surface area contributed by atoms with Gasteiger partial charge in [0.05, 0.1) is 6.54 Å². The van der Waals surface area contributed by atoms with Crippen molar-refractivity contribution in [3.05, 3.63) is 76.8 Å². The second-order valence-electron chi connectivity index (χ2n) is 8.73. The molecule has 9 heteroatoms. The predicted molar refractivity (Wildman–Crippen MR) is 124 cm³/mol. The number of piperidine rings is 1. The van der Waals surface area contributed by atoms with Crippen molar-refractivity contribution >= 4 is 17.3 Å². The van der Waals surface area contributed by atoms with Crippen molar-refractivity contribution in [2.24, 2.45) is 0 Å². The molecule has 1 aromatic heterocycles. The van der Waals surface area contributed by atoms with Crippen molar-refractivity contribution in [1.29, 1.82) is 0 Å². The standard InChI is InChI=1S/C24H28ClF2N5O/c1-16-11-18(25)3-6-23(16)30-20-7-9-31(10-8-20)17(2)24(33,13-32-15-28-14-29-32)21-5-4-19(26)12-22(21)27/h3-6,11-12,14-15,17,20,30,33H,7-10,13H2,1-2H3/t17-,24-/m1/s1. The lowest BCUT2D eigenvalue weighted by Crippen LogP contribution is -2.55. The predicted octanol–water partition coefficient (Wildman–Crippen LogP) is 4.37. The smallest absolute Gasteiger partial charge is 0.137 e. The van der Waals surface area contributed by atoms with Gasteiger partial charge in [0.25, 0.3) is 0 Å². The first-order valence-electron chi connectivity index (χ1n) is 11.0. The number of hydrogen-bond acceptors (Lipinski definition) is 5. The van der Waals surface area contributed by atoms with Gasteiger partial charge in [0, 0.05) is 47.5 Å². The maximum Gasteiger partial charge on any atom is 0.137 e. The fourth-order valence-corrected chi connectivity index (χ4v) is 4.81. The number of aliphatic hydroxyl groups is 1. The van der Waals surface area contributed by atoms with Crippen LogP contribution >= 0.6 is 11.6 Å². The second kappa shape index (κ2) is 9.75. The summed E-state index contributed by atoms with van der Waals surface area (Å²) in [7, 11) is 0. The van der Waals surface area contributed by atoms with Crippen molar-refractivity contribution < 1.29 is 13.9 Å². The van der Waals surface area contributed by atoms with Gasteiger partial charge in [-0.05, 0) is 56.5 Å². The topological polar surface area (TPSA) is 66.2 Å². The zero-order valence-electron chi connectivity index (χ0n) is 18.7. The normalized spacial score (nSPS) is 18.1. The molecule has 1 aliphatic heterocycles. The molecule has 0 bridgehead atoms. The molecule has 3 aromatic rings. The Kier molecular flexibility index (Phi) is 6.97. The number of nitrogens with zero attached hydrogens (tertiary/aromatic N) is 4. The summed E-state index contributed by atoms with van der Waals surface area (Å²) < 4.78 is 29.8. The van der Waals surface area contributed by atoms with E-state index in [9.17, 15) is 13.9 Å². The Morgan fingerprint density at radius 3 is 2.61 bits per heavy atom. The minimum Gasteiger partial charge on any atom is -0.382 e. The molecule has 1 aliphatic rings. The molecule has 6 nitrogen and oxygen atoms in total. The molecule has 0 radical (unpaired) electrons. The molecule has 0 amide bonds. The molecule has 0 spiro atoms. The van der Waals surface area contributed by atoms with Gasteiger partial charge in [-0.3, -0.25) is 4.90 Å². The highest BCUT2D eigenvalue weighted by Gasteiger charge is 2.42. The lowest BCUT2D eigenvalue weighted by Gasteiger charge is -2.44. The minimum absolute atomic E-state index is 0.00112. The summed E-state index contributed by atoms with van der Waals surface area (Å²) in [6.07, 6.45) is 4.56. The largest absolute Gasteiger partial charge is 0.382 e. The molecule has 2 N–H and O–H groups in total. The van der Waals surface area contributed by atoms with E-state index in [-0.39, 0.29) is 18.2 Å². The third kappa shape index (κ3) is 5.18. The average Bonchev–Trinajstić information content (AvgIpc) is 3.28. The van der Waals surface area contributed by atoms with Gasteiger partial charge < -0.3 is 10.4 Å². The Morgan fingerprint density at radius 1 is 1.21 bits per heavy atom. The first-order valence-corrected chi connectivity index (χ1v) is 11.4. The van der Waals surface area contributed by atoms with Crippen LogP contribution in [0.1, 0.15) is 30.9 Å². The van der Waals surface area contributed by atoms with Gasteiger partial charge in [0.2, 0.25) is 0 Å². The number of aromatic nitrogens is 3. The molecule has 1 saturated heterocycles. The molecule has 2 heterocycles. The number of halogens is 3. The Balaban J connectivity index is 1.50. The number of rotatable bonds is 7. The van der Waals surface area contributed by atoms with E-state index in [2.05, 4.69) is 20.3 Å². The van der Waals surface area contributed by atoms with Crippen molar-refractivity contribution in [2.45, 2.75) is 50.9 Å². The molecule has 0 unspecified atom stereocenters. The van der Waals surface area contributed by atoms with Crippen LogP contribution in [0.5, 0.6) is 0 Å². The van der Waals surface area contributed by atoms with E-state index in [1.807, 2.05) is 32.0 Å². The van der Waals surface area contributed by atoms with Crippen LogP contribution < -0.4 is 5.32 Å². The number of aryl methyl sites for hydroxylation is 1. The van der Waals surface area contributed by atoms with Gasteiger partial charge in [-0.15, -0.1) is 0 Å². The minimum atomic E-state index is -1.63. The van der Waals surface area contributed by atoms with Gasteiger partial charge >= 0.3 is 0 Å². The molecule has 33 heavy (non-hydrogen) atoms. The molecular weight excluding hydrogens is 448 g/mol. The molecule has 0 aliphatic carbocycles. The van der Waals surface area contributed by atoms with E-state index in [4.69, 9.17) is 11.6 Å². The fourth-order valence-electron chi connectivity index (χ4n) is 4.59. The van der Waals surface area contributed by atoms with Crippen LogP contribution in [-0.2, 0) is 12.1 Å². The Bertz CT molecular complexity index is 1090. The van der Waals surface area contributed by atoms with Crippen molar-refractivity contribution in [3.63, 3.8) is 0 Å². The number of anilines is 1. The van der Waals surface area contributed by atoms with E-state index in [0.29, 0.717) is 18.1 Å². The fraction of sp³-hybridized carbons (Fsp3) is 0.417. The monoisotopic (exact) mass is 475 g/mol. The highest BCUT2D eigenvalue weighted by Crippen LogP contribution is 2.34. The molecule has 176 valence electrons. The van der Waals surface area contributed by atoms with Crippen molar-refractivity contribution in [3.8, 4) is 0 Å². The second-order valence-corrected chi connectivity index (χ2v) is 9.17. The van der Waals surface area contributed by atoms with Crippen LogP contribution in [0, 0.1) is 18.6 Å². The Labute approximate surface area is 197 Å². The summed E-state index contributed by atoms with van der Waals surface area (Å²) in [4.78, 5) is 6.07. The maximum absolute atomic E-state index is 14.8. The van der Waals surface area contributed by atoms with Gasteiger partial charge in [-0.2, -0.15) is 5.10 Å². The van der Waals surface area contributed by atoms with Gasteiger partial charge in [0.15, 0.2) is 0 Å². The summed E-state index contributed by atoms with van der Waals surface area (Å²) in [5, 5.41) is 20.2. The summed E-state index contributed by atoms with van der Waals surface area (Å²) >= 11 is 6.06. The zero-order chi connectivity index (χ0) is 23.6. The number of likely N-dealkylation sites (tertiary alicyclic amines) is 1. The number of nitrogens with one attached hydrogen (secondary N) is 1. The zero-order valence-corrected chi connectivity index (χ0v) is 19.4. The summed E-state index contributed by atoms with van der Waals surface area (Å²) in [6.45, 7) is 5.32. The van der Waals surface area contributed by atoms with Crippen LogP contribution in [0.25, 0.3) is 0 Å². The van der Waals surface area contributed by atoms with Gasteiger partial charge in [-0.1, -0.05) is 17.7 Å². The van der Waals surface area contributed by atoms with E-state index in [0.717, 1.165) is 30.2 Å². The van der Waals surface area contributed by atoms with E-state index >= 15 is 0 Å². The lowest BCUT2D eigenvalue weighted by molar-refractivity contribution is -0.0686. The van der Waals surface area contributed by atoms with E-state index < -0.39 is 23.3 Å². The van der Waals surface area contributed by atoms with Crippen LogP contribution in [-0.4, -0.2) is 49.9 Å². The van der Waals surface area contributed by atoms with Gasteiger partial charge in [-0.25, -0.2) is 18.4 Å². The summed E-state index contributed by atoms with van der Waals surface area (Å²) in [6, 6.07) is 8.91. The van der Waals surface area contributed by atoms with Crippen LogP contribution in [0.15, 0.2) is 49.1 Å². The van der Waals surface area contributed by atoms with Crippen LogP contribution in [0.2, 0.25) is 5.02 Å². The summed E-state index contributed by atoms with van der Waals surface area (Å²) in [5.74, 6) is -1.46. The molecular formula is C24H28ClF2N5O. The molecule has 2 aromatic carbocycles. The van der Waals surface area contributed by atoms with Gasteiger partial charge in [0.1, 0.15) is 29.9 Å². The quantitative estimate of drug-likeness (QED) is 0.531. The number of benzene rings is 2. The average molecular weight is 476 g/mol. The number of hydrogen-bond donors (Lipinski definition) is 2. The van der Waals surface area contributed by atoms with Crippen molar-refractivity contribution in [2.75, 3.05) is 18.4 Å². The maximum atomic E-state index is 14.8. The lowest BCUT2D eigenvalue weighted by atomic mass is 9.84. The molecule has 1 fully saturated rings. The third-order valence-electron chi connectivity index (χ3n) is 6.58. The highest BCUT2D eigenvalue weighted by atomic mass is 35.5. The van der Waals surface area contributed by atoms with Crippen molar-refractivity contribution in [1.82, 2.24) is 19.7 Å². The molecule has 0 saturated carbocycles. The van der Waals surface area contributed by atoms with Crippen LogP contribution in [0.4, 0.5) is 14.5 Å². The summed E-state index contributed by atoms with van der Waals surface area (Å²) in [5.41, 5.74) is 0.566. The Hall–Kier alpha value is -2.55. The first kappa shape index (κ1) is 23.6. The SMILES string of the molecule is Cc1cc(Cl)ccc1NC1CCN([C@H](C)[C@](O)(Cn2cncn2)c2ccc(F)cc2F)CC1. The Morgan fingerprint density at radius 2 is 1.97 bits per heavy atom. The molecule has 4 rings (SSSR count). The van der Waals surface area contributed by atoms with E-state index in [1.165, 1.54) is 29.5 Å². The first-order chi connectivity index (χ1) is 15.8. The highest BCUT2D eigenvalue weighted by molar-refractivity contribution is 6.30.